The minimum absolute atomic E-state index is 0. The van der Waals surface area contributed by atoms with E-state index in [0.29, 0.717) is 50.5 Å². The maximum absolute atomic E-state index is 13.0. The Bertz CT molecular complexity index is 670. The van der Waals surface area contributed by atoms with Crippen molar-refractivity contribution in [1.29, 1.82) is 0 Å². The number of amides is 1. The van der Waals surface area contributed by atoms with Gasteiger partial charge in [0.2, 0.25) is 17.6 Å². The van der Waals surface area contributed by atoms with Gasteiger partial charge in [0.15, 0.2) is 0 Å². The van der Waals surface area contributed by atoms with Crippen LogP contribution in [0.2, 0.25) is 0 Å². The predicted octanol–water partition coefficient (Wildman–Crippen LogP) is 1.69. The lowest BCUT2D eigenvalue weighted by Gasteiger charge is -2.10. The number of aryl methyl sites for hydroxylation is 1. The largest absolute Gasteiger partial charge is 0.355 e. The summed E-state index contributed by atoms with van der Waals surface area (Å²) in [5, 5.41) is 9.76. The summed E-state index contributed by atoms with van der Waals surface area (Å²) >= 11 is 0. The number of halogens is 2. The molecule has 136 valence electrons. The lowest BCUT2D eigenvalue weighted by molar-refractivity contribution is -0.121. The third-order valence-electron chi connectivity index (χ3n) is 3.90. The van der Waals surface area contributed by atoms with E-state index in [4.69, 9.17) is 4.52 Å². The van der Waals surface area contributed by atoms with Crippen molar-refractivity contribution in [2.24, 2.45) is 0 Å². The quantitative estimate of drug-likeness (QED) is 0.771. The second-order valence-corrected chi connectivity index (χ2v) is 5.85. The number of nitrogens with zero attached hydrogens (tertiary/aromatic N) is 3. The maximum Gasteiger partial charge on any atom is 0.226 e. The van der Waals surface area contributed by atoms with Gasteiger partial charge in [0.1, 0.15) is 6.17 Å². The molecule has 0 saturated carbocycles. The summed E-state index contributed by atoms with van der Waals surface area (Å²) in [6.45, 7) is 0.835. The molecule has 0 aliphatic carbocycles. The number of alkyl halides is 1. The molecule has 3 rings (SSSR count). The molecule has 2 N–H and O–H groups in total. The maximum atomic E-state index is 13.0. The van der Waals surface area contributed by atoms with Crippen LogP contribution < -0.4 is 10.6 Å². The third-order valence-corrected chi connectivity index (χ3v) is 3.90. The van der Waals surface area contributed by atoms with Crippen molar-refractivity contribution in [2.75, 3.05) is 13.1 Å². The summed E-state index contributed by atoms with van der Waals surface area (Å²) in [7, 11) is 0. The Morgan fingerprint density at radius 1 is 1.48 bits per heavy atom. The summed E-state index contributed by atoms with van der Waals surface area (Å²) in [6, 6.07) is 3.69. The van der Waals surface area contributed by atoms with Crippen molar-refractivity contribution in [3.05, 3.63) is 30.4 Å². The second-order valence-electron chi connectivity index (χ2n) is 5.85. The van der Waals surface area contributed by atoms with E-state index in [1.807, 2.05) is 6.07 Å². The molecule has 2 aromatic rings. The van der Waals surface area contributed by atoms with Crippen LogP contribution in [-0.4, -0.2) is 46.3 Å². The SMILES string of the molecule is Cl.O=C(CCCc1nc(-c2cccnc2)no1)NC[C@@H]1C[C@H](F)CN1. The van der Waals surface area contributed by atoms with Crippen LogP contribution in [-0.2, 0) is 11.2 Å². The molecule has 0 radical (unpaired) electrons. The molecule has 1 fully saturated rings. The van der Waals surface area contributed by atoms with Gasteiger partial charge in [0.05, 0.1) is 0 Å². The van der Waals surface area contributed by atoms with E-state index in [0.717, 1.165) is 5.56 Å². The van der Waals surface area contributed by atoms with Crippen LogP contribution in [0.4, 0.5) is 4.39 Å². The first-order valence-electron chi connectivity index (χ1n) is 8.08. The van der Waals surface area contributed by atoms with E-state index in [1.165, 1.54) is 0 Å². The van der Waals surface area contributed by atoms with E-state index in [-0.39, 0.29) is 24.4 Å². The molecule has 2 aromatic heterocycles. The van der Waals surface area contributed by atoms with Gasteiger partial charge in [0, 0.05) is 49.9 Å². The zero-order chi connectivity index (χ0) is 16.8. The molecule has 7 nitrogen and oxygen atoms in total. The Morgan fingerprint density at radius 3 is 3.08 bits per heavy atom. The zero-order valence-corrected chi connectivity index (χ0v) is 14.5. The Kier molecular flexibility index (Phi) is 7.27. The van der Waals surface area contributed by atoms with E-state index >= 15 is 0 Å². The van der Waals surface area contributed by atoms with Crippen molar-refractivity contribution in [3.8, 4) is 11.4 Å². The Hall–Kier alpha value is -2.06. The molecular formula is C16H21ClFN5O2. The number of pyridine rings is 1. The summed E-state index contributed by atoms with van der Waals surface area (Å²) in [6.07, 6.45) is 4.52. The number of aromatic nitrogens is 3. The fraction of sp³-hybridized carbons (Fsp3) is 0.500. The third kappa shape index (κ3) is 5.75. The van der Waals surface area contributed by atoms with Crippen LogP contribution >= 0.6 is 12.4 Å². The Labute approximate surface area is 151 Å². The number of nitrogens with one attached hydrogen (secondary N) is 2. The molecular weight excluding hydrogens is 349 g/mol. The van der Waals surface area contributed by atoms with Crippen LogP contribution in [0.3, 0.4) is 0 Å². The van der Waals surface area contributed by atoms with Crippen molar-refractivity contribution >= 4 is 18.3 Å². The lowest BCUT2D eigenvalue weighted by atomic mass is 10.2. The van der Waals surface area contributed by atoms with Gasteiger partial charge in [-0.1, -0.05) is 5.16 Å². The summed E-state index contributed by atoms with van der Waals surface area (Å²) in [5.41, 5.74) is 0.792. The molecule has 0 unspecified atom stereocenters. The average Bonchev–Trinajstić information content (AvgIpc) is 3.23. The van der Waals surface area contributed by atoms with Crippen LogP contribution in [0, 0.1) is 0 Å². The van der Waals surface area contributed by atoms with Crippen LogP contribution in [0.1, 0.15) is 25.2 Å². The van der Waals surface area contributed by atoms with Gasteiger partial charge in [0.25, 0.3) is 0 Å². The second kappa shape index (κ2) is 9.43. The highest BCUT2D eigenvalue weighted by molar-refractivity contribution is 5.85. The molecule has 1 aliphatic heterocycles. The zero-order valence-electron chi connectivity index (χ0n) is 13.7. The average molecular weight is 370 g/mol. The summed E-state index contributed by atoms with van der Waals surface area (Å²) in [4.78, 5) is 20.1. The molecule has 0 aromatic carbocycles. The Morgan fingerprint density at radius 2 is 2.36 bits per heavy atom. The topological polar surface area (TPSA) is 92.9 Å². The molecule has 2 atom stereocenters. The smallest absolute Gasteiger partial charge is 0.226 e. The highest BCUT2D eigenvalue weighted by Gasteiger charge is 2.23. The van der Waals surface area contributed by atoms with Gasteiger partial charge in [-0.2, -0.15) is 4.98 Å². The number of rotatable bonds is 7. The minimum atomic E-state index is -0.807. The normalized spacial score (nSPS) is 19.4. The minimum Gasteiger partial charge on any atom is -0.355 e. The Balaban J connectivity index is 0.00000225. The number of carbonyl (C=O) groups is 1. The first-order chi connectivity index (χ1) is 11.7. The molecule has 25 heavy (non-hydrogen) atoms. The van der Waals surface area contributed by atoms with Gasteiger partial charge in [-0.05, 0) is 25.0 Å². The molecule has 1 saturated heterocycles. The predicted molar refractivity (Wildman–Crippen MR) is 92.0 cm³/mol. The monoisotopic (exact) mass is 369 g/mol. The molecule has 9 heteroatoms. The summed E-state index contributed by atoms with van der Waals surface area (Å²) in [5.74, 6) is 0.945. The fourth-order valence-electron chi connectivity index (χ4n) is 2.62. The van der Waals surface area contributed by atoms with Crippen molar-refractivity contribution in [1.82, 2.24) is 25.8 Å². The first-order valence-corrected chi connectivity index (χ1v) is 8.08. The highest BCUT2D eigenvalue weighted by atomic mass is 35.5. The summed E-state index contributed by atoms with van der Waals surface area (Å²) < 4.78 is 18.2. The van der Waals surface area contributed by atoms with Gasteiger partial charge in [-0.15, -0.1) is 12.4 Å². The van der Waals surface area contributed by atoms with Crippen molar-refractivity contribution < 1.29 is 13.7 Å². The lowest BCUT2D eigenvalue weighted by Crippen LogP contribution is -2.37. The van der Waals surface area contributed by atoms with Gasteiger partial charge < -0.3 is 15.2 Å². The first kappa shape index (κ1) is 19.3. The van der Waals surface area contributed by atoms with Crippen molar-refractivity contribution in [2.45, 2.75) is 37.9 Å². The van der Waals surface area contributed by atoms with E-state index in [1.54, 1.807) is 18.5 Å². The van der Waals surface area contributed by atoms with Gasteiger partial charge in [-0.3, -0.25) is 9.78 Å². The molecule has 0 spiro atoms. The molecule has 0 bridgehead atoms. The van der Waals surface area contributed by atoms with E-state index in [9.17, 15) is 9.18 Å². The highest BCUT2D eigenvalue weighted by Crippen LogP contribution is 2.14. The molecule has 3 heterocycles. The number of hydrogen-bond donors (Lipinski definition) is 2. The number of carbonyl (C=O) groups excluding carboxylic acids is 1. The van der Waals surface area contributed by atoms with Crippen molar-refractivity contribution in [3.63, 3.8) is 0 Å². The van der Waals surface area contributed by atoms with E-state index < -0.39 is 6.17 Å². The molecule has 1 amide bonds. The van der Waals surface area contributed by atoms with E-state index in [2.05, 4.69) is 25.8 Å². The standard InChI is InChI=1S/C16H20FN5O2.ClH/c17-12-7-13(19-9-12)10-20-14(23)4-1-5-15-21-16(22-24-15)11-3-2-6-18-8-11;/h2-3,6,8,12-13,19H,1,4-5,7,9-10H2,(H,20,23);1H/t12-,13-;/m0./s1. The fourth-order valence-corrected chi connectivity index (χ4v) is 2.62. The van der Waals surface area contributed by atoms with Crippen LogP contribution in [0.15, 0.2) is 29.0 Å². The number of hydrogen-bond acceptors (Lipinski definition) is 6. The van der Waals surface area contributed by atoms with Gasteiger partial charge in [-0.25, -0.2) is 4.39 Å². The molecule has 1 aliphatic rings. The van der Waals surface area contributed by atoms with Crippen LogP contribution in [0.25, 0.3) is 11.4 Å². The van der Waals surface area contributed by atoms with Gasteiger partial charge >= 0.3 is 0 Å². The van der Waals surface area contributed by atoms with Crippen LogP contribution in [0.5, 0.6) is 0 Å².